The number of carbonyl (C=O) groups excluding carboxylic acids is 1. The first-order chi connectivity index (χ1) is 9.76. The van der Waals surface area contributed by atoms with Gasteiger partial charge in [-0.05, 0) is 30.9 Å². The van der Waals surface area contributed by atoms with E-state index in [1.807, 2.05) is 20.8 Å². The highest BCUT2D eigenvalue weighted by molar-refractivity contribution is 8.00. The molecule has 0 radical (unpaired) electrons. The van der Waals surface area contributed by atoms with E-state index in [2.05, 4.69) is 0 Å². The molecule has 0 saturated heterocycles. The second-order valence-corrected chi connectivity index (χ2v) is 6.91. The fourth-order valence-corrected chi connectivity index (χ4v) is 2.96. The maximum atomic E-state index is 12.0. The normalized spacial score (nSPS) is 13.5. The number of unbranched alkanes of at least 4 members (excludes halogenated alkanes) is 2. The zero-order valence-electron chi connectivity index (χ0n) is 13.2. The minimum Gasteiger partial charge on any atom is -0.465 e. The van der Waals surface area contributed by atoms with Gasteiger partial charge < -0.3 is 4.74 Å². The van der Waals surface area contributed by atoms with Crippen molar-refractivity contribution in [2.24, 2.45) is 5.92 Å². The maximum absolute atomic E-state index is 12.0. The van der Waals surface area contributed by atoms with E-state index < -0.39 is 12.6 Å². The van der Waals surface area contributed by atoms with Gasteiger partial charge in [0.1, 0.15) is 5.25 Å². The summed E-state index contributed by atoms with van der Waals surface area (Å²) < 4.78 is 41.2. The molecule has 0 aromatic heterocycles. The van der Waals surface area contributed by atoms with E-state index in [9.17, 15) is 18.0 Å². The molecule has 0 aliphatic heterocycles. The molecule has 1 atom stereocenters. The Labute approximate surface area is 130 Å². The van der Waals surface area contributed by atoms with Crippen LogP contribution in [0.2, 0.25) is 0 Å². The van der Waals surface area contributed by atoms with Crippen LogP contribution in [0, 0.1) is 5.92 Å². The van der Waals surface area contributed by atoms with Gasteiger partial charge >= 0.3 is 12.1 Å². The summed E-state index contributed by atoms with van der Waals surface area (Å²) in [6, 6.07) is 0. The second-order valence-electron chi connectivity index (χ2n) is 5.60. The van der Waals surface area contributed by atoms with E-state index >= 15 is 0 Å². The highest BCUT2D eigenvalue weighted by atomic mass is 32.2. The van der Waals surface area contributed by atoms with Crippen LogP contribution in [0.15, 0.2) is 0 Å². The minimum atomic E-state index is -4.06. The van der Waals surface area contributed by atoms with Gasteiger partial charge in [0.15, 0.2) is 0 Å². The first-order valence-electron chi connectivity index (χ1n) is 7.61. The molecular formula is C15H27F3O2S. The Morgan fingerprint density at radius 1 is 1.19 bits per heavy atom. The number of hydrogen-bond donors (Lipinski definition) is 0. The molecule has 1 unspecified atom stereocenters. The molecule has 0 aromatic rings. The minimum absolute atomic E-state index is 0.167. The summed E-state index contributed by atoms with van der Waals surface area (Å²) in [5, 5.41) is -0.184. The Bertz CT molecular complexity index is 281. The van der Waals surface area contributed by atoms with Crippen LogP contribution in [-0.2, 0) is 9.53 Å². The van der Waals surface area contributed by atoms with Crippen molar-refractivity contribution in [1.29, 1.82) is 0 Å². The fourth-order valence-electron chi connectivity index (χ4n) is 1.70. The number of esters is 1. The standard InChI is InChI=1S/C15H27F3O2S/c1-4-8-13(14(19)20-11-12(2)3)21-10-7-5-6-9-15(16,17)18/h12-13H,4-11H2,1-3H3. The van der Waals surface area contributed by atoms with Gasteiger partial charge in [0.2, 0.25) is 0 Å². The van der Waals surface area contributed by atoms with Gasteiger partial charge in [0.05, 0.1) is 6.61 Å². The van der Waals surface area contributed by atoms with Crippen LogP contribution in [-0.4, -0.2) is 29.8 Å². The van der Waals surface area contributed by atoms with Gasteiger partial charge in [-0.3, -0.25) is 4.79 Å². The second kappa shape index (κ2) is 11.2. The summed E-state index contributed by atoms with van der Waals surface area (Å²) in [5.41, 5.74) is 0. The molecule has 0 bridgehead atoms. The first-order valence-corrected chi connectivity index (χ1v) is 8.66. The Morgan fingerprint density at radius 2 is 1.86 bits per heavy atom. The predicted molar refractivity (Wildman–Crippen MR) is 81.5 cm³/mol. The molecule has 0 N–H and O–H groups in total. The van der Waals surface area contributed by atoms with Crippen molar-refractivity contribution < 1.29 is 22.7 Å². The molecule has 0 aliphatic rings. The fraction of sp³-hybridized carbons (Fsp3) is 0.933. The molecule has 126 valence electrons. The van der Waals surface area contributed by atoms with Crippen molar-refractivity contribution in [3.05, 3.63) is 0 Å². The van der Waals surface area contributed by atoms with Crippen LogP contribution in [0.4, 0.5) is 13.2 Å². The van der Waals surface area contributed by atoms with Crippen LogP contribution in [0.5, 0.6) is 0 Å². The smallest absolute Gasteiger partial charge is 0.389 e. The van der Waals surface area contributed by atoms with Gasteiger partial charge in [0, 0.05) is 6.42 Å². The third kappa shape index (κ3) is 13.0. The Morgan fingerprint density at radius 3 is 2.38 bits per heavy atom. The van der Waals surface area contributed by atoms with Crippen molar-refractivity contribution in [1.82, 2.24) is 0 Å². The molecule has 0 spiro atoms. The van der Waals surface area contributed by atoms with E-state index in [1.54, 1.807) is 0 Å². The van der Waals surface area contributed by atoms with E-state index in [4.69, 9.17) is 4.74 Å². The zero-order chi connectivity index (χ0) is 16.3. The Balaban J connectivity index is 3.86. The van der Waals surface area contributed by atoms with Crippen LogP contribution < -0.4 is 0 Å². The topological polar surface area (TPSA) is 26.3 Å². The highest BCUT2D eigenvalue weighted by Crippen LogP contribution is 2.24. The monoisotopic (exact) mass is 328 g/mol. The number of carbonyl (C=O) groups is 1. The number of alkyl halides is 3. The average Bonchev–Trinajstić information content (AvgIpc) is 2.37. The lowest BCUT2D eigenvalue weighted by Gasteiger charge is -2.16. The van der Waals surface area contributed by atoms with Crippen molar-refractivity contribution in [3.8, 4) is 0 Å². The molecule has 0 rings (SSSR count). The lowest BCUT2D eigenvalue weighted by atomic mass is 10.2. The van der Waals surface area contributed by atoms with Crippen LogP contribution in [0.25, 0.3) is 0 Å². The van der Waals surface area contributed by atoms with E-state index in [0.29, 0.717) is 31.1 Å². The molecule has 0 heterocycles. The molecule has 6 heteroatoms. The first kappa shape index (κ1) is 20.6. The van der Waals surface area contributed by atoms with Gasteiger partial charge in [-0.15, -0.1) is 11.8 Å². The number of halogens is 3. The number of ether oxygens (including phenoxy) is 1. The van der Waals surface area contributed by atoms with E-state index in [0.717, 1.165) is 12.8 Å². The summed E-state index contributed by atoms with van der Waals surface area (Å²) in [5.74, 6) is 0.827. The molecule has 0 aromatic carbocycles. The van der Waals surface area contributed by atoms with Gasteiger partial charge in [-0.1, -0.05) is 33.6 Å². The van der Waals surface area contributed by atoms with Gasteiger partial charge in [0.25, 0.3) is 0 Å². The number of hydrogen-bond acceptors (Lipinski definition) is 3. The van der Waals surface area contributed by atoms with Crippen LogP contribution in [0.1, 0.15) is 59.3 Å². The molecule has 0 amide bonds. The third-order valence-corrected chi connectivity index (χ3v) is 4.15. The Kier molecular flexibility index (Phi) is 11.0. The SMILES string of the molecule is CCCC(SCCCCCC(F)(F)F)C(=O)OCC(C)C. The summed E-state index contributed by atoms with van der Waals surface area (Å²) in [6.07, 6.45) is -1.71. The lowest BCUT2D eigenvalue weighted by Crippen LogP contribution is -2.22. The quantitative estimate of drug-likeness (QED) is 0.385. The zero-order valence-corrected chi connectivity index (χ0v) is 14.0. The predicted octanol–water partition coefficient (Wildman–Crippen LogP) is 5.21. The maximum Gasteiger partial charge on any atom is 0.389 e. The van der Waals surface area contributed by atoms with Crippen molar-refractivity contribution in [2.75, 3.05) is 12.4 Å². The summed E-state index contributed by atoms with van der Waals surface area (Å²) in [6.45, 7) is 6.39. The van der Waals surface area contributed by atoms with Crippen molar-refractivity contribution >= 4 is 17.7 Å². The molecule has 0 aliphatic carbocycles. The number of thioether (sulfide) groups is 1. The van der Waals surface area contributed by atoms with Crippen LogP contribution in [0.3, 0.4) is 0 Å². The number of rotatable bonds is 11. The largest absolute Gasteiger partial charge is 0.465 e. The molecule has 0 fully saturated rings. The van der Waals surface area contributed by atoms with Crippen molar-refractivity contribution in [2.45, 2.75) is 70.7 Å². The summed E-state index contributed by atoms with van der Waals surface area (Å²) in [4.78, 5) is 11.9. The Hall–Kier alpha value is -0.390. The van der Waals surface area contributed by atoms with E-state index in [1.165, 1.54) is 11.8 Å². The average molecular weight is 328 g/mol. The summed E-state index contributed by atoms with van der Waals surface area (Å²) >= 11 is 1.51. The highest BCUT2D eigenvalue weighted by Gasteiger charge is 2.26. The van der Waals surface area contributed by atoms with E-state index in [-0.39, 0.29) is 17.6 Å². The molecule has 0 saturated carbocycles. The molecule has 21 heavy (non-hydrogen) atoms. The van der Waals surface area contributed by atoms with Gasteiger partial charge in [-0.2, -0.15) is 13.2 Å². The third-order valence-electron chi connectivity index (χ3n) is 2.80. The van der Waals surface area contributed by atoms with Crippen LogP contribution >= 0.6 is 11.8 Å². The summed E-state index contributed by atoms with van der Waals surface area (Å²) in [7, 11) is 0. The van der Waals surface area contributed by atoms with Crippen molar-refractivity contribution in [3.63, 3.8) is 0 Å². The molecular weight excluding hydrogens is 301 g/mol. The van der Waals surface area contributed by atoms with Gasteiger partial charge in [-0.25, -0.2) is 0 Å². The lowest BCUT2D eigenvalue weighted by molar-refractivity contribution is -0.144. The molecule has 2 nitrogen and oxygen atoms in total.